The number of ether oxygens (including phenoxy) is 1. The van der Waals surface area contributed by atoms with Crippen molar-refractivity contribution in [3.63, 3.8) is 0 Å². The lowest BCUT2D eigenvalue weighted by atomic mass is 10.3. The van der Waals surface area contributed by atoms with Gasteiger partial charge in [0.1, 0.15) is 6.61 Å². The van der Waals surface area contributed by atoms with Crippen LogP contribution in [0.3, 0.4) is 0 Å². The Kier molecular flexibility index (Phi) is 6.21. The first-order valence-electron chi connectivity index (χ1n) is 5.73. The lowest BCUT2D eigenvalue weighted by molar-refractivity contribution is -0.138. The summed E-state index contributed by atoms with van der Waals surface area (Å²) in [6.45, 7) is 3.83. The van der Waals surface area contributed by atoms with Crippen LogP contribution >= 0.6 is 15.9 Å². The Morgan fingerprint density at radius 1 is 1.47 bits per heavy atom. The zero-order valence-electron chi connectivity index (χ0n) is 10.8. The molecule has 0 aliphatic carbocycles. The molecule has 0 aromatic carbocycles. The highest BCUT2D eigenvalue weighted by atomic mass is 79.9. The summed E-state index contributed by atoms with van der Waals surface area (Å²) in [5.74, 6) is -0.631. The van der Waals surface area contributed by atoms with E-state index in [4.69, 9.17) is 4.74 Å². The largest absolute Gasteiger partial charge is 0.460 e. The summed E-state index contributed by atoms with van der Waals surface area (Å²) in [6.07, 6.45) is 4.74. The van der Waals surface area contributed by atoms with Gasteiger partial charge in [-0.1, -0.05) is 6.08 Å². The van der Waals surface area contributed by atoms with E-state index in [1.165, 1.54) is 6.20 Å². The molecule has 0 saturated heterocycles. The topological polar surface area (TPSA) is 68.3 Å². The summed E-state index contributed by atoms with van der Waals surface area (Å²) in [7, 11) is 0. The van der Waals surface area contributed by atoms with E-state index in [1.807, 2.05) is 0 Å². The van der Waals surface area contributed by atoms with Crippen molar-refractivity contribution in [2.24, 2.45) is 0 Å². The van der Waals surface area contributed by atoms with Gasteiger partial charge in [-0.05, 0) is 35.8 Å². The fraction of sp³-hybridized carbons (Fsp3) is 0.308. The fourth-order valence-electron chi connectivity index (χ4n) is 1.18. The number of carbonyl (C=O) groups is 2. The van der Waals surface area contributed by atoms with Crippen LogP contribution in [-0.4, -0.2) is 30.0 Å². The van der Waals surface area contributed by atoms with Crippen LogP contribution < -0.4 is 5.32 Å². The Morgan fingerprint density at radius 2 is 2.21 bits per heavy atom. The summed E-state index contributed by atoms with van der Waals surface area (Å²) in [5.41, 5.74) is 0.993. The third-order valence-corrected chi connectivity index (χ3v) is 2.78. The van der Waals surface area contributed by atoms with Gasteiger partial charge in [0.25, 0.3) is 5.91 Å². The Morgan fingerprint density at radius 3 is 2.84 bits per heavy atom. The standard InChI is InChI=1S/C13H15BrN2O3/c1-3-9(2)13(18)19-5-4-16-12(17)10-6-11(14)8-15-7-10/h3,6-8H,4-5H2,1-2H3,(H,16,17)/b9-3-. The highest BCUT2D eigenvalue weighted by Crippen LogP contribution is 2.09. The normalized spacial score (nSPS) is 11.0. The number of allylic oxidation sites excluding steroid dienone is 1. The van der Waals surface area contributed by atoms with Crippen LogP contribution in [0, 0.1) is 0 Å². The number of carbonyl (C=O) groups excluding carboxylic acids is 2. The van der Waals surface area contributed by atoms with E-state index in [0.29, 0.717) is 11.1 Å². The quantitative estimate of drug-likeness (QED) is 0.511. The SMILES string of the molecule is C/C=C(/C)C(=O)OCCNC(=O)c1cncc(Br)c1. The van der Waals surface area contributed by atoms with Gasteiger partial charge in [0.15, 0.2) is 0 Å². The summed E-state index contributed by atoms with van der Waals surface area (Å²) in [5, 5.41) is 2.64. The number of amides is 1. The maximum atomic E-state index is 11.7. The molecule has 0 spiro atoms. The fourth-order valence-corrected chi connectivity index (χ4v) is 1.54. The molecule has 0 atom stereocenters. The maximum absolute atomic E-state index is 11.7. The molecule has 19 heavy (non-hydrogen) atoms. The molecule has 6 heteroatoms. The zero-order chi connectivity index (χ0) is 14.3. The molecule has 1 aromatic rings. The van der Waals surface area contributed by atoms with E-state index < -0.39 is 0 Å². The first-order valence-corrected chi connectivity index (χ1v) is 6.52. The molecule has 0 bridgehead atoms. The van der Waals surface area contributed by atoms with E-state index in [-0.39, 0.29) is 25.0 Å². The van der Waals surface area contributed by atoms with Crippen LogP contribution in [0.15, 0.2) is 34.6 Å². The molecule has 1 N–H and O–H groups in total. The number of rotatable bonds is 5. The number of halogens is 1. The predicted molar refractivity (Wildman–Crippen MR) is 74.7 cm³/mol. The molecule has 0 fully saturated rings. The van der Waals surface area contributed by atoms with Gasteiger partial charge in [-0.3, -0.25) is 9.78 Å². The summed E-state index contributed by atoms with van der Waals surface area (Å²) in [6, 6.07) is 1.66. The monoisotopic (exact) mass is 326 g/mol. The van der Waals surface area contributed by atoms with Crippen molar-refractivity contribution in [1.29, 1.82) is 0 Å². The van der Waals surface area contributed by atoms with E-state index in [1.54, 1.807) is 32.2 Å². The van der Waals surface area contributed by atoms with E-state index in [2.05, 4.69) is 26.2 Å². The Bertz CT molecular complexity index is 500. The average molecular weight is 327 g/mol. The van der Waals surface area contributed by atoms with Gasteiger partial charge in [-0.2, -0.15) is 0 Å². The van der Waals surface area contributed by atoms with Crippen LogP contribution in [0.4, 0.5) is 0 Å². The number of pyridine rings is 1. The van der Waals surface area contributed by atoms with E-state index in [0.717, 1.165) is 4.47 Å². The van der Waals surface area contributed by atoms with Crippen molar-refractivity contribution in [2.45, 2.75) is 13.8 Å². The van der Waals surface area contributed by atoms with Crippen LogP contribution in [-0.2, 0) is 9.53 Å². The third-order valence-electron chi connectivity index (χ3n) is 2.34. The molecule has 1 heterocycles. The second-order valence-corrected chi connectivity index (χ2v) is 4.67. The second-order valence-electron chi connectivity index (χ2n) is 3.76. The number of nitrogens with zero attached hydrogens (tertiary/aromatic N) is 1. The molecule has 102 valence electrons. The first kappa shape index (κ1) is 15.4. The van der Waals surface area contributed by atoms with Gasteiger partial charge < -0.3 is 10.1 Å². The number of hydrogen-bond acceptors (Lipinski definition) is 4. The summed E-state index contributed by atoms with van der Waals surface area (Å²) >= 11 is 3.24. The molecule has 5 nitrogen and oxygen atoms in total. The highest BCUT2D eigenvalue weighted by molar-refractivity contribution is 9.10. The van der Waals surface area contributed by atoms with Gasteiger partial charge in [0.05, 0.1) is 12.1 Å². The van der Waals surface area contributed by atoms with Crippen molar-refractivity contribution in [2.75, 3.05) is 13.2 Å². The Hall–Kier alpha value is -1.69. The molecule has 0 radical (unpaired) electrons. The van der Waals surface area contributed by atoms with Crippen molar-refractivity contribution in [3.05, 3.63) is 40.1 Å². The van der Waals surface area contributed by atoms with Gasteiger partial charge >= 0.3 is 5.97 Å². The van der Waals surface area contributed by atoms with Gasteiger partial charge in [-0.15, -0.1) is 0 Å². The van der Waals surface area contributed by atoms with E-state index in [9.17, 15) is 9.59 Å². The predicted octanol–water partition coefficient (Wildman–Crippen LogP) is 2.08. The van der Waals surface area contributed by atoms with Crippen LogP contribution in [0.1, 0.15) is 24.2 Å². The number of esters is 1. The minimum Gasteiger partial charge on any atom is -0.460 e. The lowest BCUT2D eigenvalue weighted by Crippen LogP contribution is -2.28. The highest BCUT2D eigenvalue weighted by Gasteiger charge is 2.07. The van der Waals surface area contributed by atoms with Crippen LogP contribution in [0.2, 0.25) is 0 Å². The molecule has 0 unspecified atom stereocenters. The van der Waals surface area contributed by atoms with Crippen LogP contribution in [0.25, 0.3) is 0 Å². The average Bonchev–Trinajstić information content (AvgIpc) is 2.42. The first-order chi connectivity index (χ1) is 9.04. The summed E-state index contributed by atoms with van der Waals surface area (Å²) in [4.78, 5) is 26.9. The molecule has 0 aliphatic heterocycles. The number of nitrogens with one attached hydrogen (secondary N) is 1. The zero-order valence-corrected chi connectivity index (χ0v) is 12.4. The molecule has 0 aliphatic rings. The molecule has 0 saturated carbocycles. The third kappa shape index (κ3) is 5.21. The maximum Gasteiger partial charge on any atom is 0.333 e. The smallest absolute Gasteiger partial charge is 0.333 e. The van der Waals surface area contributed by atoms with Crippen LogP contribution in [0.5, 0.6) is 0 Å². The molecule has 1 rings (SSSR count). The van der Waals surface area contributed by atoms with Gasteiger partial charge in [0.2, 0.25) is 0 Å². The van der Waals surface area contributed by atoms with Crippen molar-refractivity contribution in [3.8, 4) is 0 Å². The van der Waals surface area contributed by atoms with Crippen molar-refractivity contribution >= 4 is 27.8 Å². The number of aromatic nitrogens is 1. The lowest BCUT2D eigenvalue weighted by Gasteiger charge is -2.06. The molecule has 1 aromatic heterocycles. The summed E-state index contributed by atoms with van der Waals surface area (Å²) < 4.78 is 5.69. The minimum atomic E-state index is -0.374. The number of hydrogen-bond donors (Lipinski definition) is 1. The molecular weight excluding hydrogens is 312 g/mol. The molecular formula is C13H15BrN2O3. The molecule has 1 amide bonds. The van der Waals surface area contributed by atoms with Gasteiger partial charge in [-0.25, -0.2) is 4.79 Å². The Balaban J connectivity index is 2.34. The van der Waals surface area contributed by atoms with E-state index >= 15 is 0 Å². The minimum absolute atomic E-state index is 0.136. The second kappa shape index (κ2) is 7.68. The van der Waals surface area contributed by atoms with Gasteiger partial charge in [0, 0.05) is 22.4 Å². The van der Waals surface area contributed by atoms with Crippen molar-refractivity contribution < 1.29 is 14.3 Å². The Labute approximate surface area is 120 Å². The van der Waals surface area contributed by atoms with Crippen molar-refractivity contribution in [1.82, 2.24) is 10.3 Å².